The average molecular weight is 386 g/mol. The van der Waals surface area contributed by atoms with Crippen LogP contribution in [0.15, 0.2) is 42.6 Å². The van der Waals surface area contributed by atoms with Gasteiger partial charge in [-0.1, -0.05) is 23.7 Å². The minimum atomic E-state index is -4.38. The lowest BCUT2D eigenvalue weighted by atomic mass is 10.1. The Morgan fingerprint density at radius 1 is 1.16 bits per heavy atom. The second kappa shape index (κ2) is 6.89. The summed E-state index contributed by atoms with van der Waals surface area (Å²) < 4.78 is 42.3. The summed E-state index contributed by atoms with van der Waals surface area (Å²) >= 11 is 7.26. The summed E-state index contributed by atoms with van der Waals surface area (Å²) in [4.78, 5) is 12.0. The van der Waals surface area contributed by atoms with Gasteiger partial charge in [0.2, 0.25) is 0 Å². The summed E-state index contributed by atoms with van der Waals surface area (Å²) in [5, 5.41) is 6.57. The molecule has 0 bridgehead atoms. The number of alkyl halides is 3. The van der Waals surface area contributed by atoms with Gasteiger partial charge in [-0.15, -0.1) is 0 Å². The molecule has 4 nitrogen and oxygen atoms in total. The number of anilines is 1. The number of hydrogen-bond acceptors (Lipinski definition) is 3. The highest BCUT2D eigenvalue weighted by Gasteiger charge is 2.29. The zero-order chi connectivity index (χ0) is 18.0. The van der Waals surface area contributed by atoms with Crippen LogP contribution < -0.4 is 10.6 Å². The molecule has 0 saturated carbocycles. The van der Waals surface area contributed by atoms with Crippen LogP contribution >= 0.6 is 23.1 Å². The van der Waals surface area contributed by atoms with Crippen molar-refractivity contribution in [3.05, 3.63) is 58.7 Å². The van der Waals surface area contributed by atoms with Gasteiger partial charge in [0.05, 0.1) is 27.2 Å². The molecule has 0 aliphatic heterocycles. The first-order valence-corrected chi connectivity index (χ1v) is 8.23. The number of halogens is 4. The van der Waals surface area contributed by atoms with Crippen LogP contribution in [-0.2, 0) is 12.7 Å². The van der Waals surface area contributed by atoms with Crippen molar-refractivity contribution in [1.29, 1.82) is 0 Å². The first-order valence-electron chi connectivity index (χ1n) is 7.08. The normalized spacial score (nSPS) is 11.5. The van der Waals surface area contributed by atoms with E-state index in [0.717, 1.165) is 22.2 Å². The SMILES string of the molecule is O=C(NCc1ccc(C(F)(F)F)cc1)Nc1ccc(Cl)c2cnsc12. The fourth-order valence-corrected chi connectivity index (χ4v) is 3.19. The van der Waals surface area contributed by atoms with E-state index < -0.39 is 17.8 Å². The van der Waals surface area contributed by atoms with Gasteiger partial charge in [-0.05, 0) is 41.4 Å². The molecule has 2 amide bonds. The molecule has 3 aromatic rings. The highest BCUT2D eigenvalue weighted by molar-refractivity contribution is 7.14. The van der Waals surface area contributed by atoms with E-state index in [1.165, 1.54) is 23.7 Å². The fourth-order valence-electron chi connectivity index (χ4n) is 2.18. The third-order valence-corrected chi connectivity index (χ3v) is 4.61. The Balaban J connectivity index is 1.63. The Kier molecular flexibility index (Phi) is 4.82. The number of amides is 2. The number of urea groups is 1. The molecule has 0 aliphatic rings. The van der Waals surface area contributed by atoms with Gasteiger partial charge in [-0.2, -0.15) is 17.5 Å². The van der Waals surface area contributed by atoms with E-state index in [1.807, 2.05) is 0 Å². The van der Waals surface area contributed by atoms with Crippen LogP contribution in [0.25, 0.3) is 10.1 Å². The topological polar surface area (TPSA) is 54.0 Å². The molecule has 1 aromatic heterocycles. The predicted molar refractivity (Wildman–Crippen MR) is 91.9 cm³/mol. The van der Waals surface area contributed by atoms with Crippen LogP contribution in [0.5, 0.6) is 0 Å². The van der Waals surface area contributed by atoms with E-state index in [0.29, 0.717) is 16.3 Å². The maximum Gasteiger partial charge on any atom is 0.416 e. The summed E-state index contributed by atoms with van der Waals surface area (Å²) in [7, 11) is 0. The minimum absolute atomic E-state index is 0.101. The van der Waals surface area contributed by atoms with Gasteiger partial charge < -0.3 is 10.6 Å². The standard InChI is InChI=1S/C16H11ClF3N3OS/c17-12-5-6-13(14-11(12)8-22-25-14)23-15(24)21-7-9-1-3-10(4-2-9)16(18,19)20/h1-6,8H,7H2,(H2,21,23,24). The molecule has 2 N–H and O–H groups in total. The Bertz CT molecular complexity index is 909. The van der Waals surface area contributed by atoms with Crippen LogP contribution in [0.1, 0.15) is 11.1 Å². The van der Waals surface area contributed by atoms with Crippen molar-refractivity contribution in [2.75, 3.05) is 5.32 Å². The first kappa shape index (κ1) is 17.5. The largest absolute Gasteiger partial charge is 0.416 e. The highest BCUT2D eigenvalue weighted by atomic mass is 35.5. The van der Waals surface area contributed by atoms with Crippen molar-refractivity contribution in [3.63, 3.8) is 0 Å². The first-order chi connectivity index (χ1) is 11.8. The molecule has 0 spiro atoms. The van der Waals surface area contributed by atoms with Crippen molar-refractivity contribution in [1.82, 2.24) is 9.69 Å². The quantitative estimate of drug-likeness (QED) is 0.643. The number of nitrogens with zero attached hydrogens (tertiary/aromatic N) is 1. The molecule has 25 heavy (non-hydrogen) atoms. The molecule has 2 aromatic carbocycles. The Hall–Kier alpha value is -2.32. The maximum atomic E-state index is 12.5. The van der Waals surface area contributed by atoms with E-state index >= 15 is 0 Å². The van der Waals surface area contributed by atoms with Gasteiger partial charge in [0.1, 0.15) is 0 Å². The third-order valence-electron chi connectivity index (χ3n) is 3.45. The monoisotopic (exact) mass is 385 g/mol. The van der Waals surface area contributed by atoms with Gasteiger partial charge in [-0.3, -0.25) is 0 Å². The van der Waals surface area contributed by atoms with Crippen LogP contribution in [0.3, 0.4) is 0 Å². The van der Waals surface area contributed by atoms with E-state index in [4.69, 9.17) is 11.6 Å². The van der Waals surface area contributed by atoms with Gasteiger partial charge in [0.15, 0.2) is 0 Å². The summed E-state index contributed by atoms with van der Waals surface area (Å²) in [5.41, 5.74) is 0.392. The average Bonchev–Trinajstić information content (AvgIpc) is 3.06. The number of hydrogen-bond donors (Lipinski definition) is 2. The third kappa shape index (κ3) is 4.02. The van der Waals surface area contributed by atoms with Crippen molar-refractivity contribution >= 4 is 44.9 Å². The minimum Gasteiger partial charge on any atom is -0.334 e. The molecule has 0 aliphatic carbocycles. The molecule has 130 valence electrons. The summed E-state index contributed by atoms with van der Waals surface area (Å²) in [6, 6.07) is 7.46. The number of rotatable bonds is 3. The molecule has 0 unspecified atom stereocenters. The number of nitrogens with one attached hydrogen (secondary N) is 2. The van der Waals surface area contributed by atoms with Crippen LogP contribution in [0, 0.1) is 0 Å². The summed E-state index contributed by atoms with van der Waals surface area (Å²) in [5.74, 6) is 0. The van der Waals surface area contributed by atoms with Crippen molar-refractivity contribution < 1.29 is 18.0 Å². The van der Waals surface area contributed by atoms with Crippen LogP contribution in [-0.4, -0.2) is 10.4 Å². The fraction of sp³-hybridized carbons (Fsp3) is 0.125. The van der Waals surface area contributed by atoms with E-state index in [1.54, 1.807) is 18.3 Å². The zero-order valence-electron chi connectivity index (χ0n) is 12.5. The zero-order valence-corrected chi connectivity index (χ0v) is 14.1. The lowest BCUT2D eigenvalue weighted by molar-refractivity contribution is -0.137. The molecule has 0 radical (unpaired) electrons. The number of aromatic nitrogens is 1. The number of carbonyl (C=O) groups is 1. The van der Waals surface area contributed by atoms with Gasteiger partial charge in [0.25, 0.3) is 0 Å². The lowest BCUT2D eigenvalue weighted by Crippen LogP contribution is -2.28. The Morgan fingerprint density at radius 3 is 2.56 bits per heavy atom. The molecular formula is C16H11ClF3N3OS. The number of benzene rings is 2. The van der Waals surface area contributed by atoms with Crippen molar-refractivity contribution in [2.45, 2.75) is 12.7 Å². The molecule has 3 rings (SSSR count). The number of carbonyl (C=O) groups excluding carboxylic acids is 1. The number of fused-ring (bicyclic) bond motifs is 1. The molecule has 0 fully saturated rings. The second-order valence-corrected chi connectivity index (χ2v) is 6.37. The van der Waals surface area contributed by atoms with Gasteiger partial charge >= 0.3 is 12.2 Å². The summed E-state index contributed by atoms with van der Waals surface area (Å²) in [6.07, 6.45) is -2.76. The highest BCUT2D eigenvalue weighted by Crippen LogP contribution is 2.32. The maximum absolute atomic E-state index is 12.5. The van der Waals surface area contributed by atoms with Crippen molar-refractivity contribution in [2.24, 2.45) is 0 Å². The Morgan fingerprint density at radius 2 is 1.88 bits per heavy atom. The van der Waals surface area contributed by atoms with Gasteiger partial charge in [0, 0.05) is 11.9 Å². The summed E-state index contributed by atoms with van der Waals surface area (Å²) in [6.45, 7) is 0.101. The molecule has 1 heterocycles. The smallest absolute Gasteiger partial charge is 0.334 e. The predicted octanol–water partition coefficient (Wildman–Crippen LogP) is 5.29. The lowest BCUT2D eigenvalue weighted by Gasteiger charge is -2.10. The molecule has 0 atom stereocenters. The molecular weight excluding hydrogens is 375 g/mol. The van der Waals surface area contributed by atoms with Crippen LogP contribution in [0.4, 0.5) is 23.7 Å². The van der Waals surface area contributed by atoms with Crippen LogP contribution in [0.2, 0.25) is 5.02 Å². The van der Waals surface area contributed by atoms with Crippen molar-refractivity contribution in [3.8, 4) is 0 Å². The van der Waals surface area contributed by atoms with E-state index in [-0.39, 0.29) is 6.54 Å². The Labute approximate surface area is 149 Å². The van der Waals surface area contributed by atoms with Gasteiger partial charge in [-0.25, -0.2) is 4.79 Å². The molecule has 9 heteroatoms. The van der Waals surface area contributed by atoms with E-state index in [2.05, 4.69) is 15.0 Å². The second-order valence-electron chi connectivity index (χ2n) is 5.17. The van der Waals surface area contributed by atoms with E-state index in [9.17, 15) is 18.0 Å². The molecule has 0 saturated heterocycles.